The van der Waals surface area contributed by atoms with Crippen LogP contribution in [0.15, 0.2) is 24.3 Å². The highest BCUT2D eigenvalue weighted by molar-refractivity contribution is 7.89. The number of sulfonamides is 1. The molecule has 0 saturated carbocycles. The molecular weight excluding hydrogens is 319 g/mol. The molecule has 1 heterocycles. The Balaban J connectivity index is 1.69. The fourth-order valence-corrected chi connectivity index (χ4v) is 4.06. The SMILES string of the molecule is COCCS(=O)(=O)N1CCN(CCCc2ccc(F)cc2)CC1. The number of nitrogens with zero attached hydrogens (tertiary/aromatic N) is 2. The Bertz CT molecular complexity index is 569. The molecule has 1 aliphatic heterocycles. The first kappa shape index (κ1) is 18.3. The fourth-order valence-electron chi connectivity index (χ4n) is 2.71. The number of piperazine rings is 1. The summed E-state index contributed by atoms with van der Waals surface area (Å²) in [6.45, 7) is 3.78. The number of rotatable bonds is 8. The summed E-state index contributed by atoms with van der Waals surface area (Å²) in [7, 11) is -1.68. The van der Waals surface area contributed by atoms with E-state index >= 15 is 0 Å². The molecule has 23 heavy (non-hydrogen) atoms. The maximum Gasteiger partial charge on any atom is 0.216 e. The first-order valence-corrected chi connectivity index (χ1v) is 9.56. The quantitative estimate of drug-likeness (QED) is 0.714. The van der Waals surface area contributed by atoms with Crippen LogP contribution in [0.2, 0.25) is 0 Å². The van der Waals surface area contributed by atoms with Gasteiger partial charge in [-0.2, -0.15) is 4.31 Å². The molecule has 0 unspecified atom stereocenters. The largest absolute Gasteiger partial charge is 0.384 e. The van der Waals surface area contributed by atoms with Crippen molar-refractivity contribution in [2.24, 2.45) is 0 Å². The van der Waals surface area contributed by atoms with Crippen LogP contribution >= 0.6 is 0 Å². The minimum Gasteiger partial charge on any atom is -0.384 e. The predicted molar refractivity (Wildman–Crippen MR) is 88.4 cm³/mol. The van der Waals surface area contributed by atoms with Crippen molar-refractivity contribution in [1.82, 2.24) is 9.21 Å². The number of benzene rings is 1. The number of hydrogen-bond donors (Lipinski definition) is 0. The van der Waals surface area contributed by atoms with Crippen molar-refractivity contribution in [3.63, 3.8) is 0 Å². The van der Waals surface area contributed by atoms with Crippen molar-refractivity contribution in [1.29, 1.82) is 0 Å². The van der Waals surface area contributed by atoms with Crippen molar-refractivity contribution >= 4 is 10.0 Å². The van der Waals surface area contributed by atoms with E-state index in [1.165, 1.54) is 19.2 Å². The van der Waals surface area contributed by atoms with Crippen molar-refractivity contribution in [2.75, 3.05) is 52.2 Å². The average Bonchev–Trinajstić information content (AvgIpc) is 2.55. The number of aryl methyl sites for hydroxylation is 1. The van der Waals surface area contributed by atoms with Crippen LogP contribution in [0.4, 0.5) is 4.39 Å². The third-order valence-electron chi connectivity index (χ3n) is 4.12. The molecule has 0 amide bonds. The Morgan fingerprint density at radius 2 is 1.78 bits per heavy atom. The molecule has 0 aliphatic carbocycles. The van der Waals surface area contributed by atoms with E-state index in [1.54, 1.807) is 4.31 Å². The van der Waals surface area contributed by atoms with Gasteiger partial charge in [-0.25, -0.2) is 12.8 Å². The van der Waals surface area contributed by atoms with Gasteiger partial charge in [-0.05, 0) is 37.1 Å². The fraction of sp³-hybridized carbons (Fsp3) is 0.625. The van der Waals surface area contributed by atoms with E-state index in [4.69, 9.17) is 4.74 Å². The van der Waals surface area contributed by atoms with Gasteiger partial charge in [-0.15, -0.1) is 0 Å². The molecule has 2 rings (SSSR count). The zero-order valence-electron chi connectivity index (χ0n) is 13.6. The van der Waals surface area contributed by atoms with Gasteiger partial charge in [-0.1, -0.05) is 12.1 Å². The minimum absolute atomic E-state index is 0.0497. The van der Waals surface area contributed by atoms with E-state index < -0.39 is 10.0 Å². The Labute approximate surface area is 138 Å². The highest BCUT2D eigenvalue weighted by atomic mass is 32.2. The summed E-state index contributed by atoms with van der Waals surface area (Å²) < 4.78 is 43.4. The van der Waals surface area contributed by atoms with Gasteiger partial charge in [0, 0.05) is 33.3 Å². The van der Waals surface area contributed by atoms with Crippen LogP contribution in [-0.4, -0.2) is 69.8 Å². The van der Waals surface area contributed by atoms with Crippen molar-refractivity contribution < 1.29 is 17.5 Å². The third-order valence-corrected chi connectivity index (χ3v) is 5.96. The average molecular weight is 344 g/mol. The lowest BCUT2D eigenvalue weighted by molar-refractivity contribution is 0.183. The van der Waals surface area contributed by atoms with E-state index in [2.05, 4.69) is 4.90 Å². The molecule has 0 aromatic heterocycles. The summed E-state index contributed by atoms with van der Waals surface area (Å²) in [6.07, 6.45) is 1.90. The van der Waals surface area contributed by atoms with Gasteiger partial charge < -0.3 is 9.64 Å². The van der Waals surface area contributed by atoms with Gasteiger partial charge in [0.1, 0.15) is 5.82 Å². The monoisotopic (exact) mass is 344 g/mol. The molecule has 1 aliphatic rings. The molecule has 0 N–H and O–H groups in total. The smallest absolute Gasteiger partial charge is 0.216 e. The maximum atomic E-state index is 12.8. The van der Waals surface area contributed by atoms with Gasteiger partial charge >= 0.3 is 0 Å². The highest BCUT2D eigenvalue weighted by Crippen LogP contribution is 2.10. The van der Waals surface area contributed by atoms with E-state index in [0.717, 1.165) is 38.0 Å². The Morgan fingerprint density at radius 3 is 2.39 bits per heavy atom. The minimum atomic E-state index is -3.19. The van der Waals surface area contributed by atoms with Crippen LogP contribution in [0.1, 0.15) is 12.0 Å². The second kappa shape index (κ2) is 8.73. The molecule has 0 radical (unpaired) electrons. The Kier molecular flexibility index (Phi) is 6.95. The van der Waals surface area contributed by atoms with Crippen LogP contribution in [0.25, 0.3) is 0 Å². The molecule has 0 atom stereocenters. The highest BCUT2D eigenvalue weighted by Gasteiger charge is 2.26. The standard InChI is InChI=1S/C16H25FN2O3S/c1-22-13-14-23(20,21)19-11-9-18(10-12-19)8-2-3-15-4-6-16(17)7-5-15/h4-7H,2-3,8-14H2,1H3. The molecule has 0 bridgehead atoms. The molecule has 130 valence electrons. The first-order chi connectivity index (χ1) is 11.0. The van der Waals surface area contributed by atoms with Gasteiger partial charge in [-0.3, -0.25) is 0 Å². The lowest BCUT2D eigenvalue weighted by Gasteiger charge is -2.33. The zero-order chi connectivity index (χ0) is 16.7. The van der Waals surface area contributed by atoms with Gasteiger partial charge in [0.15, 0.2) is 0 Å². The van der Waals surface area contributed by atoms with Gasteiger partial charge in [0.25, 0.3) is 0 Å². The number of ether oxygens (including phenoxy) is 1. The van der Waals surface area contributed by atoms with E-state index in [-0.39, 0.29) is 18.2 Å². The topological polar surface area (TPSA) is 49.9 Å². The van der Waals surface area contributed by atoms with E-state index in [0.29, 0.717) is 13.1 Å². The van der Waals surface area contributed by atoms with Crippen molar-refractivity contribution in [2.45, 2.75) is 12.8 Å². The van der Waals surface area contributed by atoms with Crippen LogP contribution in [-0.2, 0) is 21.2 Å². The van der Waals surface area contributed by atoms with Gasteiger partial charge in [0.2, 0.25) is 10.0 Å². The van der Waals surface area contributed by atoms with E-state index in [1.807, 2.05) is 12.1 Å². The molecule has 1 fully saturated rings. The van der Waals surface area contributed by atoms with Gasteiger partial charge in [0.05, 0.1) is 12.4 Å². The normalized spacial score (nSPS) is 17.5. The van der Waals surface area contributed by atoms with Crippen molar-refractivity contribution in [3.05, 3.63) is 35.6 Å². The number of methoxy groups -OCH3 is 1. The lowest BCUT2D eigenvalue weighted by atomic mass is 10.1. The zero-order valence-corrected chi connectivity index (χ0v) is 14.4. The molecule has 1 aromatic rings. The maximum absolute atomic E-state index is 12.8. The van der Waals surface area contributed by atoms with Crippen molar-refractivity contribution in [3.8, 4) is 0 Å². The molecule has 0 spiro atoms. The number of hydrogen-bond acceptors (Lipinski definition) is 4. The summed E-state index contributed by atoms with van der Waals surface area (Å²) in [5.41, 5.74) is 1.13. The Morgan fingerprint density at radius 1 is 1.13 bits per heavy atom. The lowest BCUT2D eigenvalue weighted by Crippen LogP contribution is -2.49. The van der Waals surface area contributed by atoms with Crippen LogP contribution in [0.5, 0.6) is 0 Å². The van der Waals surface area contributed by atoms with Crippen LogP contribution in [0.3, 0.4) is 0 Å². The summed E-state index contributed by atoms with van der Waals surface area (Å²) in [5, 5.41) is 0. The molecule has 7 heteroatoms. The van der Waals surface area contributed by atoms with Crippen LogP contribution in [0, 0.1) is 5.82 Å². The van der Waals surface area contributed by atoms with E-state index in [9.17, 15) is 12.8 Å². The van der Waals surface area contributed by atoms with Crippen LogP contribution < -0.4 is 0 Å². The second-order valence-corrected chi connectivity index (χ2v) is 7.87. The Hall–Kier alpha value is -1.02. The second-order valence-electron chi connectivity index (χ2n) is 5.78. The third kappa shape index (κ3) is 5.84. The number of halogens is 1. The predicted octanol–water partition coefficient (Wildman–Crippen LogP) is 1.35. The molecular formula is C16H25FN2O3S. The summed E-state index contributed by atoms with van der Waals surface area (Å²) >= 11 is 0. The molecule has 1 saturated heterocycles. The first-order valence-electron chi connectivity index (χ1n) is 7.95. The summed E-state index contributed by atoms with van der Waals surface area (Å²) in [4.78, 5) is 2.28. The molecule has 1 aromatic carbocycles. The summed E-state index contributed by atoms with van der Waals surface area (Å²) in [6, 6.07) is 6.60. The summed E-state index contributed by atoms with van der Waals surface area (Å²) in [5.74, 6) is -0.159. The molecule has 5 nitrogen and oxygen atoms in total.